The minimum Gasteiger partial charge on any atom is -0.493 e. The summed E-state index contributed by atoms with van der Waals surface area (Å²) in [6.07, 6.45) is 1.78. The summed E-state index contributed by atoms with van der Waals surface area (Å²) in [6, 6.07) is 15.5. The summed E-state index contributed by atoms with van der Waals surface area (Å²) in [6.45, 7) is 0.462. The fourth-order valence-corrected chi connectivity index (χ4v) is 3.25. The van der Waals surface area contributed by atoms with Crippen molar-refractivity contribution in [2.24, 2.45) is 0 Å². The fraction of sp³-hybridized carbons (Fsp3) is 0.111. The van der Waals surface area contributed by atoms with Crippen molar-refractivity contribution in [1.29, 1.82) is 0 Å². The van der Waals surface area contributed by atoms with Gasteiger partial charge in [-0.25, -0.2) is 0 Å². The lowest BCUT2D eigenvalue weighted by molar-refractivity contribution is -0.115. The Morgan fingerprint density at radius 3 is 2.62 bits per heavy atom. The average Bonchev–Trinajstić information content (AvgIpc) is 2.91. The molecule has 1 amide bonds. The molecular weight excluding hydrogens is 342 g/mol. The standard InChI is InChI=1S/C18H15NO3S2/c1-21-15-9-13(10-16-17(20)19-18(23)24-16)7-8-14(15)22-11-12-5-3-2-4-6-12/h2-10H,11H2,1H3,(H,19,20,23). The second kappa shape index (κ2) is 7.51. The summed E-state index contributed by atoms with van der Waals surface area (Å²) < 4.78 is 11.7. The smallest absolute Gasteiger partial charge is 0.263 e. The molecule has 0 aromatic heterocycles. The number of hydrogen-bond acceptors (Lipinski definition) is 5. The van der Waals surface area contributed by atoms with Gasteiger partial charge in [0, 0.05) is 0 Å². The Morgan fingerprint density at radius 1 is 1.17 bits per heavy atom. The quantitative estimate of drug-likeness (QED) is 0.652. The van der Waals surface area contributed by atoms with Crippen LogP contribution in [-0.4, -0.2) is 17.3 Å². The molecule has 1 saturated heterocycles. The van der Waals surface area contributed by atoms with Crippen LogP contribution >= 0.6 is 24.0 Å². The summed E-state index contributed by atoms with van der Waals surface area (Å²) in [7, 11) is 1.59. The third kappa shape index (κ3) is 3.96. The van der Waals surface area contributed by atoms with Crippen LogP contribution < -0.4 is 14.8 Å². The number of amides is 1. The number of hydrogen-bond donors (Lipinski definition) is 1. The van der Waals surface area contributed by atoms with Gasteiger partial charge in [0.1, 0.15) is 10.9 Å². The molecule has 0 unspecified atom stereocenters. The van der Waals surface area contributed by atoms with Crippen LogP contribution in [0.2, 0.25) is 0 Å². The number of carbonyl (C=O) groups is 1. The first-order valence-electron chi connectivity index (χ1n) is 7.25. The van der Waals surface area contributed by atoms with Crippen molar-refractivity contribution in [2.45, 2.75) is 6.61 Å². The Hall–Kier alpha value is -2.31. The van der Waals surface area contributed by atoms with Gasteiger partial charge in [0.25, 0.3) is 5.91 Å². The number of thioether (sulfide) groups is 1. The van der Waals surface area contributed by atoms with Crippen molar-refractivity contribution in [2.75, 3.05) is 7.11 Å². The van der Waals surface area contributed by atoms with Crippen LogP contribution in [-0.2, 0) is 11.4 Å². The van der Waals surface area contributed by atoms with E-state index in [1.165, 1.54) is 11.8 Å². The number of carbonyl (C=O) groups excluding carboxylic acids is 1. The first-order chi connectivity index (χ1) is 11.7. The lowest BCUT2D eigenvalue weighted by Crippen LogP contribution is -2.17. The Labute approximate surface area is 149 Å². The number of benzene rings is 2. The molecule has 0 saturated carbocycles. The zero-order valence-corrected chi connectivity index (χ0v) is 14.6. The maximum Gasteiger partial charge on any atom is 0.263 e. The highest BCUT2D eigenvalue weighted by Crippen LogP contribution is 2.32. The van der Waals surface area contributed by atoms with Gasteiger partial charge in [-0.1, -0.05) is 60.4 Å². The summed E-state index contributed by atoms with van der Waals surface area (Å²) in [4.78, 5) is 12.3. The zero-order chi connectivity index (χ0) is 16.9. The number of ether oxygens (including phenoxy) is 2. The molecule has 1 aliphatic heterocycles. The molecule has 0 aliphatic carbocycles. The van der Waals surface area contributed by atoms with Crippen molar-refractivity contribution in [1.82, 2.24) is 5.32 Å². The van der Waals surface area contributed by atoms with Crippen LogP contribution in [0.25, 0.3) is 6.08 Å². The molecule has 2 aromatic carbocycles. The van der Waals surface area contributed by atoms with Crippen molar-refractivity contribution in [3.05, 3.63) is 64.6 Å². The Morgan fingerprint density at radius 2 is 1.96 bits per heavy atom. The van der Waals surface area contributed by atoms with Crippen molar-refractivity contribution >= 4 is 40.3 Å². The predicted molar refractivity (Wildman–Crippen MR) is 100 cm³/mol. The minimum absolute atomic E-state index is 0.173. The molecule has 1 heterocycles. The third-order valence-electron chi connectivity index (χ3n) is 3.36. The molecule has 0 spiro atoms. The number of thiocarbonyl (C=S) groups is 1. The van der Waals surface area contributed by atoms with Gasteiger partial charge in [-0.15, -0.1) is 0 Å². The van der Waals surface area contributed by atoms with Gasteiger partial charge < -0.3 is 14.8 Å². The molecule has 3 rings (SSSR count). The van der Waals surface area contributed by atoms with E-state index in [0.717, 1.165) is 11.1 Å². The normalized spacial score (nSPS) is 15.5. The van der Waals surface area contributed by atoms with Crippen LogP contribution in [0.4, 0.5) is 0 Å². The minimum atomic E-state index is -0.173. The maximum atomic E-state index is 11.7. The molecule has 4 nitrogen and oxygen atoms in total. The van der Waals surface area contributed by atoms with E-state index in [0.29, 0.717) is 27.3 Å². The van der Waals surface area contributed by atoms with Gasteiger partial charge in [0.05, 0.1) is 12.0 Å². The van der Waals surface area contributed by atoms with Crippen LogP contribution in [0.3, 0.4) is 0 Å². The van der Waals surface area contributed by atoms with E-state index in [-0.39, 0.29) is 5.91 Å². The SMILES string of the molecule is COc1cc(C=C2SC(=S)NC2=O)ccc1OCc1ccccc1. The molecule has 0 bridgehead atoms. The molecule has 0 atom stereocenters. The first kappa shape index (κ1) is 16.5. The van der Waals surface area contributed by atoms with Crippen LogP contribution in [0.5, 0.6) is 11.5 Å². The Bertz CT molecular complexity index is 803. The fourth-order valence-electron chi connectivity index (χ4n) is 2.20. The molecule has 24 heavy (non-hydrogen) atoms. The number of nitrogens with one attached hydrogen (secondary N) is 1. The highest BCUT2D eigenvalue weighted by molar-refractivity contribution is 8.26. The van der Waals surface area contributed by atoms with Crippen LogP contribution in [0.1, 0.15) is 11.1 Å². The molecular formula is C18H15NO3S2. The lowest BCUT2D eigenvalue weighted by Gasteiger charge is -2.11. The van der Waals surface area contributed by atoms with Gasteiger partial charge in [0.2, 0.25) is 0 Å². The first-order valence-corrected chi connectivity index (χ1v) is 8.48. The summed E-state index contributed by atoms with van der Waals surface area (Å²) in [5.74, 6) is 1.10. The predicted octanol–water partition coefficient (Wildman–Crippen LogP) is 3.76. The summed E-state index contributed by atoms with van der Waals surface area (Å²) in [5.41, 5.74) is 1.93. The van der Waals surface area contributed by atoms with Gasteiger partial charge in [-0.3, -0.25) is 4.79 Å². The Balaban J connectivity index is 1.77. The van der Waals surface area contributed by atoms with Crippen LogP contribution in [0.15, 0.2) is 53.4 Å². The van der Waals surface area contributed by atoms with E-state index in [1.807, 2.05) is 48.5 Å². The van der Waals surface area contributed by atoms with E-state index >= 15 is 0 Å². The number of methoxy groups -OCH3 is 1. The van der Waals surface area contributed by atoms with E-state index in [4.69, 9.17) is 21.7 Å². The van der Waals surface area contributed by atoms with Gasteiger partial charge in [0.15, 0.2) is 11.5 Å². The van der Waals surface area contributed by atoms with Crippen molar-refractivity contribution in [3.8, 4) is 11.5 Å². The van der Waals surface area contributed by atoms with Gasteiger partial charge in [-0.2, -0.15) is 0 Å². The molecule has 0 radical (unpaired) electrons. The maximum absolute atomic E-state index is 11.7. The van der Waals surface area contributed by atoms with E-state index in [9.17, 15) is 4.79 Å². The van der Waals surface area contributed by atoms with Gasteiger partial charge >= 0.3 is 0 Å². The second-order valence-corrected chi connectivity index (χ2v) is 6.76. The zero-order valence-electron chi connectivity index (χ0n) is 12.9. The van der Waals surface area contributed by atoms with E-state index in [1.54, 1.807) is 13.2 Å². The summed E-state index contributed by atoms with van der Waals surface area (Å²) >= 11 is 6.24. The molecule has 6 heteroatoms. The molecule has 2 aromatic rings. The second-order valence-electron chi connectivity index (χ2n) is 5.04. The van der Waals surface area contributed by atoms with Crippen LogP contribution in [0, 0.1) is 0 Å². The highest BCUT2D eigenvalue weighted by Gasteiger charge is 2.22. The van der Waals surface area contributed by atoms with Crippen molar-refractivity contribution in [3.63, 3.8) is 0 Å². The lowest BCUT2D eigenvalue weighted by atomic mass is 10.2. The highest BCUT2D eigenvalue weighted by atomic mass is 32.2. The molecule has 122 valence electrons. The van der Waals surface area contributed by atoms with E-state index in [2.05, 4.69) is 5.32 Å². The largest absolute Gasteiger partial charge is 0.493 e. The molecule has 1 N–H and O–H groups in total. The monoisotopic (exact) mass is 357 g/mol. The molecule has 1 aliphatic rings. The van der Waals surface area contributed by atoms with E-state index < -0.39 is 0 Å². The average molecular weight is 357 g/mol. The topological polar surface area (TPSA) is 47.6 Å². The molecule has 1 fully saturated rings. The Kier molecular flexibility index (Phi) is 5.17. The van der Waals surface area contributed by atoms with Gasteiger partial charge in [-0.05, 0) is 29.3 Å². The van der Waals surface area contributed by atoms with Crippen molar-refractivity contribution < 1.29 is 14.3 Å². The number of rotatable bonds is 5. The third-order valence-corrected chi connectivity index (χ3v) is 4.53. The summed E-state index contributed by atoms with van der Waals surface area (Å²) in [5, 5.41) is 2.60.